The standard InChI is InChI=1S/C15H22BrNOS/c1-14(2)7-10(8-15(3,4)9-14)17-13(18)12-11(16)5-6-19-12/h5-6,10H,7-9H2,1-4H3,(H,17,18). The molecule has 4 heteroatoms. The van der Waals surface area contributed by atoms with Crippen molar-refractivity contribution in [1.29, 1.82) is 0 Å². The molecule has 1 fully saturated rings. The van der Waals surface area contributed by atoms with Crippen LogP contribution in [0.2, 0.25) is 0 Å². The first-order valence-corrected chi connectivity index (χ1v) is 8.40. The van der Waals surface area contributed by atoms with Crippen molar-refractivity contribution in [2.24, 2.45) is 10.8 Å². The van der Waals surface area contributed by atoms with E-state index in [1.54, 1.807) is 0 Å². The largest absolute Gasteiger partial charge is 0.349 e. The predicted molar refractivity (Wildman–Crippen MR) is 84.7 cm³/mol. The minimum absolute atomic E-state index is 0.0559. The van der Waals surface area contributed by atoms with Gasteiger partial charge in [-0.25, -0.2) is 0 Å². The van der Waals surface area contributed by atoms with E-state index in [-0.39, 0.29) is 11.9 Å². The number of carbonyl (C=O) groups is 1. The Kier molecular flexibility index (Phi) is 4.12. The summed E-state index contributed by atoms with van der Waals surface area (Å²) in [5, 5.41) is 5.15. The summed E-state index contributed by atoms with van der Waals surface area (Å²) in [4.78, 5) is 13.1. The summed E-state index contributed by atoms with van der Waals surface area (Å²) >= 11 is 4.91. The van der Waals surface area contributed by atoms with Crippen molar-refractivity contribution in [2.45, 2.75) is 53.0 Å². The van der Waals surface area contributed by atoms with E-state index in [1.165, 1.54) is 17.8 Å². The van der Waals surface area contributed by atoms with Crippen molar-refractivity contribution in [3.05, 3.63) is 20.8 Å². The van der Waals surface area contributed by atoms with E-state index in [0.717, 1.165) is 22.2 Å². The molecule has 0 aromatic carbocycles. The summed E-state index contributed by atoms with van der Waals surface area (Å²) in [7, 11) is 0. The minimum atomic E-state index is 0.0559. The Balaban J connectivity index is 2.07. The molecule has 106 valence electrons. The number of hydrogen-bond acceptors (Lipinski definition) is 2. The van der Waals surface area contributed by atoms with Crippen LogP contribution in [0.4, 0.5) is 0 Å². The van der Waals surface area contributed by atoms with Gasteiger partial charge in [0, 0.05) is 10.5 Å². The van der Waals surface area contributed by atoms with Gasteiger partial charge in [-0.1, -0.05) is 27.7 Å². The minimum Gasteiger partial charge on any atom is -0.349 e. The Bertz CT molecular complexity index is 462. The highest BCUT2D eigenvalue weighted by Crippen LogP contribution is 2.45. The molecule has 0 saturated heterocycles. The number of thiophene rings is 1. The van der Waals surface area contributed by atoms with Gasteiger partial charge in [-0.3, -0.25) is 4.79 Å². The highest BCUT2D eigenvalue weighted by atomic mass is 79.9. The monoisotopic (exact) mass is 343 g/mol. The van der Waals surface area contributed by atoms with Crippen LogP contribution in [-0.2, 0) is 0 Å². The topological polar surface area (TPSA) is 29.1 Å². The van der Waals surface area contributed by atoms with E-state index in [9.17, 15) is 4.79 Å². The summed E-state index contributed by atoms with van der Waals surface area (Å²) in [6.45, 7) is 9.20. The molecule has 0 atom stereocenters. The van der Waals surface area contributed by atoms with Gasteiger partial charge in [0.15, 0.2) is 0 Å². The van der Waals surface area contributed by atoms with Crippen molar-refractivity contribution in [3.63, 3.8) is 0 Å². The molecule has 1 N–H and O–H groups in total. The van der Waals surface area contributed by atoms with Crippen molar-refractivity contribution in [3.8, 4) is 0 Å². The number of rotatable bonds is 2. The fourth-order valence-electron chi connectivity index (χ4n) is 3.65. The third-order valence-corrected chi connectivity index (χ3v) is 5.55. The van der Waals surface area contributed by atoms with Crippen LogP contribution >= 0.6 is 27.3 Å². The first-order valence-electron chi connectivity index (χ1n) is 6.72. The van der Waals surface area contributed by atoms with Gasteiger partial charge in [0.2, 0.25) is 0 Å². The van der Waals surface area contributed by atoms with Gasteiger partial charge in [-0.2, -0.15) is 0 Å². The molecule has 0 bridgehead atoms. The summed E-state index contributed by atoms with van der Waals surface area (Å²) in [5.74, 6) is 0.0559. The Morgan fingerprint density at radius 1 is 1.32 bits per heavy atom. The second kappa shape index (κ2) is 5.21. The Labute approximate surface area is 128 Å². The molecule has 19 heavy (non-hydrogen) atoms. The second-order valence-corrected chi connectivity index (χ2v) is 8.95. The lowest BCUT2D eigenvalue weighted by atomic mass is 9.63. The maximum absolute atomic E-state index is 12.3. The maximum atomic E-state index is 12.3. The second-order valence-electron chi connectivity index (χ2n) is 7.18. The third-order valence-electron chi connectivity index (χ3n) is 3.71. The van der Waals surface area contributed by atoms with Crippen molar-refractivity contribution >= 4 is 33.2 Å². The smallest absolute Gasteiger partial charge is 0.262 e. The molecule has 2 rings (SSSR count). The average molecular weight is 344 g/mol. The maximum Gasteiger partial charge on any atom is 0.262 e. The number of carbonyl (C=O) groups excluding carboxylic acids is 1. The number of amides is 1. The van der Waals surface area contributed by atoms with E-state index in [1.807, 2.05) is 11.4 Å². The quantitative estimate of drug-likeness (QED) is 0.817. The predicted octanol–water partition coefficient (Wildman–Crippen LogP) is 4.85. The van der Waals surface area contributed by atoms with Gasteiger partial charge < -0.3 is 5.32 Å². The van der Waals surface area contributed by atoms with Crippen LogP contribution in [0.1, 0.15) is 56.6 Å². The lowest BCUT2D eigenvalue weighted by Crippen LogP contribution is -2.45. The van der Waals surface area contributed by atoms with Crippen LogP contribution < -0.4 is 5.32 Å². The molecule has 1 aromatic rings. The van der Waals surface area contributed by atoms with Crippen LogP contribution in [0.5, 0.6) is 0 Å². The highest BCUT2D eigenvalue weighted by molar-refractivity contribution is 9.10. The van der Waals surface area contributed by atoms with Crippen LogP contribution in [0.25, 0.3) is 0 Å². The molecule has 2 nitrogen and oxygen atoms in total. The lowest BCUT2D eigenvalue weighted by Gasteiger charge is -2.45. The van der Waals surface area contributed by atoms with Crippen molar-refractivity contribution in [1.82, 2.24) is 5.32 Å². The molecule has 1 saturated carbocycles. The van der Waals surface area contributed by atoms with Gasteiger partial charge in [0.1, 0.15) is 4.88 Å². The molecule has 1 amide bonds. The summed E-state index contributed by atoms with van der Waals surface area (Å²) in [6, 6.07) is 2.20. The van der Waals surface area contributed by atoms with Gasteiger partial charge >= 0.3 is 0 Å². The van der Waals surface area contributed by atoms with Gasteiger partial charge in [-0.05, 0) is 57.5 Å². The van der Waals surface area contributed by atoms with Crippen LogP contribution in [0, 0.1) is 10.8 Å². The van der Waals surface area contributed by atoms with E-state index in [0.29, 0.717) is 10.8 Å². The lowest BCUT2D eigenvalue weighted by molar-refractivity contribution is 0.0716. The molecule has 0 spiro atoms. The van der Waals surface area contributed by atoms with E-state index >= 15 is 0 Å². The molecular formula is C15H22BrNOS. The van der Waals surface area contributed by atoms with E-state index < -0.39 is 0 Å². The Morgan fingerprint density at radius 3 is 2.37 bits per heavy atom. The molecule has 1 aliphatic carbocycles. The fourth-order valence-corrected chi connectivity index (χ4v) is 5.11. The zero-order valence-electron chi connectivity index (χ0n) is 12.0. The zero-order chi connectivity index (χ0) is 14.3. The van der Waals surface area contributed by atoms with Crippen LogP contribution in [0.15, 0.2) is 15.9 Å². The highest BCUT2D eigenvalue weighted by Gasteiger charge is 2.39. The van der Waals surface area contributed by atoms with Crippen LogP contribution in [-0.4, -0.2) is 11.9 Å². The Morgan fingerprint density at radius 2 is 1.89 bits per heavy atom. The zero-order valence-corrected chi connectivity index (χ0v) is 14.5. The first kappa shape index (κ1) is 15.0. The number of halogens is 1. The molecule has 1 aromatic heterocycles. The van der Waals surface area contributed by atoms with Gasteiger partial charge in [-0.15, -0.1) is 11.3 Å². The molecule has 0 radical (unpaired) electrons. The van der Waals surface area contributed by atoms with Crippen molar-refractivity contribution < 1.29 is 4.79 Å². The third kappa shape index (κ3) is 3.82. The first-order chi connectivity index (χ1) is 8.69. The number of hydrogen-bond donors (Lipinski definition) is 1. The molecule has 1 aliphatic rings. The molecular weight excluding hydrogens is 322 g/mol. The summed E-state index contributed by atoms with van der Waals surface area (Å²) < 4.78 is 0.893. The summed E-state index contributed by atoms with van der Waals surface area (Å²) in [6.07, 6.45) is 3.34. The van der Waals surface area contributed by atoms with E-state index in [4.69, 9.17) is 0 Å². The molecule has 0 unspecified atom stereocenters. The molecule has 0 aliphatic heterocycles. The fraction of sp³-hybridized carbons (Fsp3) is 0.667. The van der Waals surface area contributed by atoms with Crippen LogP contribution in [0.3, 0.4) is 0 Å². The number of nitrogens with one attached hydrogen (secondary N) is 1. The average Bonchev–Trinajstić information content (AvgIpc) is 2.58. The van der Waals surface area contributed by atoms with Crippen molar-refractivity contribution in [2.75, 3.05) is 0 Å². The summed E-state index contributed by atoms with van der Waals surface area (Å²) in [5.41, 5.74) is 0.596. The Hall–Kier alpha value is -0.350. The van der Waals surface area contributed by atoms with Gasteiger partial charge in [0.05, 0.1) is 0 Å². The van der Waals surface area contributed by atoms with Gasteiger partial charge in [0.25, 0.3) is 5.91 Å². The normalized spacial score (nSPS) is 22.2. The van der Waals surface area contributed by atoms with E-state index in [2.05, 4.69) is 48.9 Å². The SMILES string of the molecule is CC1(C)CC(NC(=O)c2sccc2Br)CC(C)(C)C1. The molecule has 1 heterocycles.